The Morgan fingerprint density at radius 2 is 2.00 bits per heavy atom. The SMILES string of the molecule is CCOc1cc([C@@H]2NC(=O)NC(C)=C2C(C)=O)cc(Cl)c1OCC(=O)[O-]. The smallest absolute Gasteiger partial charge is 0.319 e. The van der Waals surface area contributed by atoms with Crippen LogP contribution in [0.15, 0.2) is 23.4 Å². The minimum absolute atomic E-state index is 0.0480. The third-order valence-electron chi connectivity index (χ3n) is 3.65. The molecule has 26 heavy (non-hydrogen) atoms. The van der Waals surface area contributed by atoms with Gasteiger partial charge in [-0.25, -0.2) is 4.79 Å². The molecule has 1 aromatic rings. The maximum atomic E-state index is 12.0. The molecule has 1 aromatic carbocycles. The van der Waals surface area contributed by atoms with Crippen LogP contribution in [0.1, 0.15) is 32.4 Å². The summed E-state index contributed by atoms with van der Waals surface area (Å²) in [6.07, 6.45) is 0. The van der Waals surface area contributed by atoms with Crippen LogP contribution >= 0.6 is 11.6 Å². The molecule has 0 saturated carbocycles. The molecule has 8 nitrogen and oxygen atoms in total. The second-order valence-electron chi connectivity index (χ2n) is 5.55. The number of carbonyl (C=O) groups is 3. The maximum absolute atomic E-state index is 12.0. The third kappa shape index (κ3) is 4.26. The first kappa shape index (κ1) is 19.6. The van der Waals surface area contributed by atoms with E-state index in [1.807, 2.05) is 0 Å². The molecule has 140 valence electrons. The van der Waals surface area contributed by atoms with Crippen LogP contribution in [0.3, 0.4) is 0 Å². The van der Waals surface area contributed by atoms with Crippen molar-refractivity contribution in [2.75, 3.05) is 13.2 Å². The molecule has 0 aromatic heterocycles. The van der Waals surface area contributed by atoms with E-state index >= 15 is 0 Å². The summed E-state index contributed by atoms with van der Waals surface area (Å²) in [6, 6.07) is 1.85. The normalized spacial score (nSPS) is 16.6. The molecule has 9 heteroatoms. The molecule has 1 aliphatic rings. The van der Waals surface area contributed by atoms with Crippen molar-refractivity contribution in [3.63, 3.8) is 0 Å². The van der Waals surface area contributed by atoms with Crippen LogP contribution < -0.4 is 25.2 Å². The fraction of sp³-hybridized carbons (Fsp3) is 0.353. The zero-order valence-electron chi connectivity index (χ0n) is 14.5. The summed E-state index contributed by atoms with van der Waals surface area (Å²) < 4.78 is 10.6. The van der Waals surface area contributed by atoms with Crippen LogP contribution in [0, 0.1) is 0 Å². The Morgan fingerprint density at radius 1 is 1.31 bits per heavy atom. The average molecular weight is 382 g/mol. The summed E-state index contributed by atoms with van der Waals surface area (Å²) in [5.41, 5.74) is 1.32. The van der Waals surface area contributed by atoms with Crippen LogP contribution in [0.5, 0.6) is 11.5 Å². The fourth-order valence-corrected chi connectivity index (χ4v) is 2.97. The molecule has 0 fully saturated rings. The fourth-order valence-electron chi connectivity index (χ4n) is 2.70. The Balaban J connectivity index is 2.52. The standard InChI is InChI=1S/C17H19ClN2O6/c1-4-25-12-6-10(5-11(18)16(12)26-7-13(22)23)15-14(9(3)21)8(2)19-17(24)20-15/h5-6,15H,4,7H2,1-3H3,(H,22,23)(H2,19,20,24)/p-1/t15-/m0/s1. The van der Waals surface area contributed by atoms with E-state index in [9.17, 15) is 19.5 Å². The third-order valence-corrected chi connectivity index (χ3v) is 3.93. The van der Waals surface area contributed by atoms with Gasteiger partial charge < -0.3 is 30.0 Å². The van der Waals surface area contributed by atoms with Gasteiger partial charge in [0.05, 0.1) is 23.6 Å². The van der Waals surface area contributed by atoms with Crippen molar-refractivity contribution >= 4 is 29.4 Å². The van der Waals surface area contributed by atoms with Crippen LogP contribution in [-0.4, -0.2) is 31.0 Å². The van der Waals surface area contributed by atoms with Crippen LogP contribution in [0.25, 0.3) is 0 Å². The number of ether oxygens (including phenoxy) is 2. The van der Waals surface area contributed by atoms with Crippen LogP contribution in [-0.2, 0) is 9.59 Å². The van der Waals surface area contributed by atoms with E-state index in [0.717, 1.165) is 0 Å². The molecule has 2 rings (SSSR count). The van der Waals surface area contributed by atoms with E-state index in [1.165, 1.54) is 13.0 Å². The Labute approximate surface area is 155 Å². The van der Waals surface area contributed by atoms with E-state index in [1.54, 1.807) is 19.9 Å². The summed E-state index contributed by atoms with van der Waals surface area (Å²) >= 11 is 6.23. The molecular formula is C17H18ClN2O6-. The predicted octanol–water partition coefficient (Wildman–Crippen LogP) is 1.08. The van der Waals surface area contributed by atoms with Crippen molar-refractivity contribution < 1.29 is 29.0 Å². The van der Waals surface area contributed by atoms with Gasteiger partial charge in [0.1, 0.15) is 6.61 Å². The lowest BCUT2D eigenvalue weighted by molar-refractivity contribution is -0.307. The summed E-state index contributed by atoms with van der Waals surface area (Å²) in [6.45, 7) is 4.34. The number of nitrogens with one attached hydrogen (secondary N) is 2. The van der Waals surface area contributed by atoms with Crippen molar-refractivity contribution in [1.29, 1.82) is 0 Å². The minimum atomic E-state index is -1.41. The topological polar surface area (TPSA) is 117 Å². The highest BCUT2D eigenvalue weighted by Crippen LogP contribution is 2.40. The molecule has 1 heterocycles. The van der Waals surface area contributed by atoms with Gasteiger partial charge in [0.25, 0.3) is 0 Å². The van der Waals surface area contributed by atoms with E-state index in [0.29, 0.717) is 16.8 Å². The number of carbonyl (C=O) groups excluding carboxylic acids is 3. The number of ketones is 1. The van der Waals surface area contributed by atoms with Crippen LogP contribution in [0.4, 0.5) is 4.79 Å². The number of carboxylic acids is 1. The molecule has 0 bridgehead atoms. The number of halogens is 1. The first-order valence-electron chi connectivity index (χ1n) is 7.82. The number of aliphatic carboxylic acids is 1. The van der Waals surface area contributed by atoms with E-state index in [2.05, 4.69) is 10.6 Å². The summed E-state index contributed by atoms with van der Waals surface area (Å²) in [5.74, 6) is -1.38. The highest BCUT2D eigenvalue weighted by Gasteiger charge is 2.30. The van der Waals surface area contributed by atoms with E-state index < -0.39 is 24.6 Å². The number of benzene rings is 1. The predicted molar refractivity (Wildman–Crippen MR) is 90.9 cm³/mol. The zero-order chi connectivity index (χ0) is 19.4. The molecule has 1 atom stereocenters. The summed E-state index contributed by atoms with van der Waals surface area (Å²) in [5, 5.41) is 16.0. The first-order chi connectivity index (χ1) is 12.2. The molecule has 0 aliphatic carbocycles. The number of hydrogen-bond acceptors (Lipinski definition) is 6. The molecule has 0 spiro atoms. The molecule has 0 unspecified atom stereocenters. The van der Waals surface area contributed by atoms with Crippen molar-refractivity contribution in [3.8, 4) is 11.5 Å². The van der Waals surface area contributed by atoms with Gasteiger partial charge in [0.15, 0.2) is 17.3 Å². The molecule has 0 saturated heterocycles. The van der Waals surface area contributed by atoms with Gasteiger partial charge in [-0.3, -0.25) is 4.79 Å². The lowest BCUT2D eigenvalue weighted by Gasteiger charge is -2.28. The molecule has 0 radical (unpaired) electrons. The Bertz CT molecular complexity index is 790. The van der Waals surface area contributed by atoms with Gasteiger partial charge in [-0.05, 0) is 38.5 Å². The Morgan fingerprint density at radius 3 is 2.58 bits per heavy atom. The number of rotatable bonds is 7. The second kappa shape index (κ2) is 8.09. The van der Waals surface area contributed by atoms with Crippen molar-refractivity contribution in [1.82, 2.24) is 10.6 Å². The number of urea groups is 1. The number of Topliss-reactive ketones (excluding diaryl/α,β-unsaturated/α-hetero) is 1. The van der Waals surface area contributed by atoms with Crippen molar-refractivity contribution in [2.24, 2.45) is 0 Å². The molecule has 1 aliphatic heterocycles. The highest BCUT2D eigenvalue weighted by molar-refractivity contribution is 6.32. The van der Waals surface area contributed by atoms with E-state index in [4.69, 9.17) is 21.1 Å². The molecule has 2 amide bonds. The lowest BCUT2D eigenvalue weighted by Crippen LogP contribution is -2.44. The summed E-state index contributed by atoms with van der Waals surface area (Å²) in [7, 11) is 0. The molecule has 2 N–H and O–H groups in total. The van der Waals surface area contributed by atoms with Gasteiger partial charge in [-0.2, -0.15) is 0 Å². The Kier molecular flexibility index (Phi) is 6.10. The quantitative estimate of drug-likeness (QED) is 0.730. The Hall–Kier alpha value is -2.74. The number of amides is 2. The second-order valence-corrected chi connectivity index (χ2v) is 5.96. The van der Waals surface area contributed by atoms with Gasteiger partial charge in [0, 0.05) is 11.3 Å². The van der Waals surface area contributed by atoms with Gasteiger partial charge in [-0.15, -0.1) is 0 Å². The number of carboxylic acid groups (broad SMARTS) is 1. The monoisotopic (exact) mass is 381 g/mol. The number of allylic oxidation sites excluding steroid dienone is 1. The maximum Gasteiger partial charge on any atom is 0.319 e. The van der Waals surface area contributed by atoms with Crippen molar-refractivity contribution in [3.05, 3.63) is 34.0 Å². The summed E-state index contributed by atoms with van der Waals surface area (Å²) in [4.78, 5) is 34.5. The highest BCUT2D eigenvalue weighted by atomic mass is 35.5. The minimum Gasteiger partial charge on any atom is -0.546 e. The van der Waals surface area contributed by atoms with Crippen LogP contribution in [0.2, 0.25) is 5.02 Å². The van der Waals surface area contributed by atoms with Gasteiger partial charge >= 0.3 is 6.03 Å². The van der Waals surface area contributed by atoms with E-state index in [-0.39, 0.29) is 28.9 Å². The zero-order valence-corrected chi connectivity index (χ0v) is 15.2. The lowest BCUT2D eigenvalue weighted by atomic mass is 9.93. The van der Waals surface area contributed by atoms with Crippen molar-refractivity contribution in [2.45, 2.75) is 26.8 Å². The first-order valence-corrected chi connectivity index (χ1v) is 8.20. The largest absolute Gasteiger partial charge is 0.546 e. The number of hydrogen-bond donors (Lipinski definition) is 2. The van der Waals surface area contributed by atoms with Gasteiger partial charge in [-0.1, -0.05) is 11.6 Å². The van der Waals surface area contributed by atoms with Gasteiger partial charge in [0.2, 0.25) is 0 Å². The average Bonchev–Trinajstić information content (AvgIpc) is 2.52. The molecular weight excluding hydrogens is 364 g/mol.